The molecule has 3 nitrogen and oxygen atoms in total. The summed E-state index contributed by atoms with van der Waals surface area (Å²) in [5, 5.41) is 0. The van der Waals surface area contributed by atoms with Gasteiger partial charge in [0.05, 0.1) is 18.4 Å². The van der Waals surface area contributed by atoms with Gasteiger partial charge in [0.2, 0.25) is 0 Å². The molecule has 1 aliphatic rings. The second kappa shape index (κ2) is 5.72. The number of ether oxygens (including phenoxy) is 1. The Hall–Kier alpha value is -2.49. The van der Waals surface area contributed by atoms with Crippen molar-refractivity contribution in [3.63, 3.8) is 0 Å². The van der Waals surface area contributed by atoms with Crippen molar-refractivity contribution >= 4 is 12.0 Å². The number of rotatable bonds is 3. The van der Waals surface area contributed by atoms with E-state index in [0.717, 1.165) is 28.8 Å². The summed E-state index contributed by atoms with van der Waals surface area (Å²) in [4.78, 5) is 16.1. The molecule has 2 aromatic rings. The van der Waals surface area contributed by atoms with Gasteiger partial charge in [0.1, 0.15) is 5.82 Å². The average molecular weight is 297 g/mol. The molecule has 112 valence electrons. The Bertz CT molecular complexity index is 781. The monoisotopic (exact) mass is 297 g/mol. The van der Waals surface area contributed by atoms with Gasteiger partial charge in [-0.15, -0.1) is 0 Å². The summed E-state index contributed by atoms with van der Waals surface area (Å²) < 4.78 is 18.1. The van der Waals surface area contributed by atoms with Gasteiger partial charge in [0.15, 0.2) is 0 Å². The number of benzene rings is 1. The van der Waals surface area contributed by atoms with Crippen LogP contribution in [0.25, 0.3) is 6.08 Å². The minimum Gasteiger partial charge on any atom is -0.465 e. The molecule has 1 aliphatic carbocycles. The normalized spacial score (nSPS) is 12.8. The van der Waals surface area contributed by atoms with Crippen LogP contribution in [-0.2, 0) is 17.6 Å². The standard InChI is InChI=1S/C18H16FNO2/c1-11-7-12(3-4-16(11)19)8-13-9-15-14(18(21)22-2)5-6-20-17(15)10-13/h3-7,10H,8-9H2,1-2H3. The first-order chi connectivity index (χ1) is 10.6. The van der Waals surface area contributed by atoms with Crippen LogP contribution in [0.15, 0.2) is 36.0 Å². The summed E-state index contributed by atoms with van der Waals surface area (Å²) in [6.45, 7) is 1.76. The Morgan fingerprint density at radius 2 is 2.18 bits per heavy atom. The Labute approximate surface area is 128 Å². The van der Waals surface area contributed by atoms with Crippen LogP contribution < -0.4 is 0 Å². The van der Waals surface area contributed by atoms with Gasteiger partial charge in [-0.3, -0.25) is 4.98 Å². The molecule has 0 fully saturated rings. The van der Waals surface area contributed by atoms with Crippen molar-refractivity contribution in [3.8, 4) is 0 Å². The van der Waals surface area contributed by atoms with Crippen LogP contribution in [0.4, 0.5) is 4.39 Å². The molecule has 0 radical (unpaired) electrons. The number of nitrogens with zero attached hydrogens (tertiary/aromatic N) is 1. The third-order valence-corrected chi connectivity index (χ3v) is 3.89. The number of aromatic nitrogens is 1. The Kier molecular flexibility index (Phi) is 3.75. The minimum atomic E-state index is -0.342. The first-order valence-electron chi connectivity index (χ1n) is 7.09. The number of carbonyl (C=O) groups is 1. The van der Waals surface area contributed by atoms with Crippen molar-refractivity contribution in [2.75, 3.05) is 7.11 Å². The highest BCUT2D eigenvalue weighted by molar-refractivity contribution is 5.92. The summed E-state index contributed by atoms with van der Waals surface area (Å²) in [6, 6.07) is 6.82. The number of methoxy groups -OCH3 is 1. The number of esters is 1. The van der Waals surface area contributed by atoms with Crippen molar-refractivity contribution in [2.45, 2.75) is 19.8 Å². The van der Waals surface area contributed by atoms with Crippen LogP contribution in [0.3, 0.4) is 0 Å². The highest BCUT2D eigenvalue weighted by Crippen LogP contribution is 2.29. The van der Waals surface area contributed by atoms with E-state index in [4.69, 9.17) is 4.74 Å². The molecule has 4 heteroatoms. The number of allylic oxidation sites excluding steroid dienone is 1. The quantitative estimate of drug-likeness (QED) is 0.814. The zero-order chi connectivity index (χ0) is 15.7. The van der Waals surface area contributed by atoms with Crippen LogP contribution in [0.5, 0.6) is 0 Å². The second-order valence-corrected chi connectivity index (χ2v) is 5.45. The van der Waals surface area contributed by atoms with Crippen molar-refractivity contribution in [2.24, 2.45) is 0 Å². The van der Waals surface area contributed by atoms with Gasteiger partial charge in [0, 0.05) is 6.20 Å². The number of fused-ring (bicyclic) bond motifs is 1. The maximum absolute atomic E-state index is 13.3. The van der Waals surface area contributed by atoms with Crippen molar-refractivity contribution in [1.82, 2.24) is 4.98 Å². The van der Waals surface area contributed by atoms with Crippen molar-refractivity contribution < 1.29 is 13.9 Å². The second-order valence-electron chi connectivity index (χ2n) is 5.45. The van der Waals surface area contributed by atoms with E-state index in [1.165, 1.54) is 13.2 Å². The average Bonchev–Trinajstić information content (AvgIpc) is 2.92. The van der Waals surface area contributed by atoms with Gasteiger partial charge in [0.25, 0.3) is 0 Å². The number of pyridine rings is 1. The summed E-state index contributed by atoms with van der Waals surface area (Å²) in [5.41, 5.74) is 5.14. The molecule has 1 heterocycles. The molecule has 0 N–H and O–H groups in total. The Morgan fingerprint density at radius 1 is 1.36 bits per heavy atom. The zero-order valence-electron chi connectivity index (χ0n) is 12.5. The zero-order valence-corrected chi connectivity index (χ0v) is 12.5. The summed E-state index contributed by atoms with van der Waals surface area (Å²) >= 11 is 0. The van der Waals surface area contributed by atoms with Crippen LogP contribution in [0, 0.1) is 12.7 Å². The molecule has 3 rings (SSSR count). The fourth-order valence-electron chi connectivity index (χ4n) is 2.78. The van der Waals surface area contributed by atoms with Gasteiger partial charge < -0.3 is 4.74 Å². The van der Waals surface area contributed by atoms with E-state index in [2.05, 4.69) is 4.98 Å². The van der Waals surface area contributed by atoms with Crippen LogP contribution in [0.2, 0.25) is 0 Å². The van der Waals surface area contributed by atoms with Gasteiger partial charge in [-0.25, -0.2) is 9.18 Å². The summed E-state index contributed by atoms with van der Waals surface area (Å²) in [7, 11) is 1.37. The lowest BCUT2D eigenvalue weighted by Crippen LogP contribution is -2.07. The van der Waals surface area contributed by atoms with Gasteiger partial charge in [-0.05, 0) is 54.7 Å². The predicted octanol–water partition coefficient (Wildman–Crippen LogP) is 3.50. The van der Waals surface area contributed by atoms with Crippen LogP contribution in [-0.4, -0.2) is 18.1 Å². The first-order valence-corrected chi connectivity index (χ1v) is 7.09. The maximum atomic E-state index is 13.3. The van der Waals surface area contributed by atoms with Gasteiger partial charge >= 0.3 is 5.97 Å². The molecule has 0 aliphatic heterocycles. The van der Waals surface area contributed by atoms with E-state index < -0.39 is 0 Å². The molecule has 0 amide bonds. The molecule has 0 bridgehead atoms. The molecule has 0 saturated carbocycles. The van der Waals surface area contributed by atoms with E-state index in [-0.39, 0.29) is 11.8 Å². The summed E-state index contributed by atoms with van der Waals surface area (Å²) in [5.74, 6) is -0.534. The van der Waals surface area contributed by atoms with E-state index >= 15 is 0 Å². The minimum absolute atomic E-state index is 0.193. The molecule has 0 spiro atoms. The van der Waals surface area contributed by atoms with Crippen molar-refractivity contribution in [3.05, 3.63) is 69.8 Å². The molecule has 0 saturated heterocycles. The molecule has 1 aromatic carbocycles. The molecule has 0 atom stereocenters. The largest absolute Gasteiger partial charge is 0.465 e. The molecule has 1 aromatic heterocycles. The number of halogens is 1. The fraction of sp³-hybridized carbons (Fsp3) is 0.222. The van der Waals surface area contributed by atoms with Crippen LogP contribution >= 0.6 is 0 Å². The van der Waals surface area contributed by atoms with E-state index in [0.29, 0.717) is 17.5 Å². The highest BCUT2D eigenvalue weighted by atomic mass is 19.1. The Balaban J connectivity index is 1.84. The van der Waals surface area contributed by atoms with Crippen molar-refractivity contribution in [1.29, 1.82) is 0 Å². The van der Waals surface area contributed by atoms with Gasteiger partial charge in [-0.2, -0.15) is 0 Å². The molecular weight excluding hydrogens is 281 g/mol. The third kappa shape index (κ3) is 2.64. The van der Waals surface area contributed by atoms with Crippen LogP contribution in [0.1, 0.15) is 32.7 Å². The summed E-state index contributed by atoms with van der Waals surface area (Å²) in [6.07, 6.45) is 5.01. The third-order valence-electron chi connectivity index (χ3n) is 3.89. The predicted molar refractivity (Wildman–Crippen MR) is 82.1 cm³/mol. The molecule has 22 heavy (non-hydrogen) atoms. The number of hydrogen-bond donors (Lipinski definition) is 0. The highest BCUT2D eigenvalue weighted by Gasteiger charge is 2.21. The lowest BCUT2D eigenvalue weighted by Gasteiger charge is -2.07. The van der Waals surface area contributed by atoms with E-state index in [1.807, 2.05) is 12.1 Å². The van der Waals surface area contributed by atoms with Gasteiger partial charge in [-0.1, -0.05) is 17.7 Å². The van der Waals surface area contributed by atoms with E-state index in [9.17, 15) is 9.18 Å². The Morgan fingerprint density at radius 3 is 2.91 bits per heavy atom. The molecular formula is C18H16FNO2. The number of hydrogen-bond acceptors (Lipinski definition) is 3. The lowest BCUT2D eigenvalue weighted by atomic mass is 10.00. The lowest BCUT2D eigenvalue weighted by molar-refractivity contribution is 0.0599. The number of carbonyl (C=O) groups excluding carboxylic acids is 1. The molecule has 0 unspecified atom stereocenters. The SMILES string of the molecule is COC(=O)c1ccnc2c1CC(Cc1ccc(F)c(C)c1)=C2. The topological polar surface area (TPSA) is 39.2 Å². The number of aryl methyl sites for hydroxylation is 1. The fourth-order valence-corrected chi connectivity index (χ4v) is 2.78. The van der Waals surface area contributed by atoms with E-state index in [1.54, 1.807) is 25.3 Å². The maximum Gasteiger partial charge on any atom is 0.338 e. The first kappa shape index (κ1) is 14.4. The smallest absolute Gasteiger partial charge is 0.338 e.